The highest BCUT2D eigenvalue weighted by Crippen LogP contribution is 2.34. The van der Waals surface area contributed by atoms with Crippen LogP contribution in [0.2, 0.25) is 5.02 Å². The molecule has 1 aliphatic rings. The number of amides is 1. The molecule has 0 atom stereocenters. The van der Waals surface area contributed by atoms with E-state index in [-0.39, 0.29) is 11.8 Å². The van der Waals surface area contributed by atoms with Gasteiger partial charge in [-0.15, -0.1) is 11.3 Å². The number of hydrazine groups is 1. The van der Waals surface area contributed by atoms with Crippen LogP contribution in [0.3, 0.4) is 0 Å². The fourth-order valence-electron chi connectivity index (χ4n) is 2.32. The maximum absolute atomic E-state index is 12.7. The van der Waals surface area contributed by atoms with Gasteiger partial charge in [0.1, 0.15) is 6.33 Å². The average Bonchev–Trinajstić information content (AvgIpc) is 3.30. The van der Waals surface area contributed by atoms with Crippen molar-refractivity contribution in [2.45, 2.75) is 12.8 Å². The number of hydrogen-bond acceptors (Lipinski definition) is 5. The molecule has 1 fully saturated rings. The maximum Gasteiger partial charge on any atom is 0.248 e. The minimum absolute atomic E-state index is 0.0515. The van der Waals surface area contributed by atoms with Crippen molar-refractivity contribution in [2.24, 2.45) is 5.92 Å². The molecule has 23 heavy (non-hydrogen) atoms. The SMILES string of the molecule is O=C(C1CC1)N(Nc1ncnc2ccsc12)c1ccc(Cl)cc1. The lowest BCUT2D eigenvalue weighted by Gasteiger charge is -2.24. The number of halogens is 1. The van der Waals surface area contributed by atoms with Gasteiger partial charge in [-0.3, -0.25) is 10.2 Å². The first-order valence-electron chi connectivity index (χ1n) is 7.27. The van der Waals surface area contributed by atoms with Crippen LogP contribution in [0, 0.1) is 5.92 Å². The summed E-state index contributed by atoms with van der Waals surface area (Å²) in [6.45, 7) is 0. The number of nitrogens with one attached hydrogen (secondary N) is 1. The Bertz CT molecular complexity index is 860. The fraction of sp³-hybridized carbons (Fsp3) is 0.188. The first kappa shape index (κ1) is 14.4. The van der Waals surface area contributed by atoms with Crippen LogP contribution in [0.15, 0.2) is 42.0 Å². The minimum atomic E-state index is 0.0515. The minimum Gasteiger partial charge on any atom is -0.273 e. The molecule has 4 rings (SSSR count). The van der Waals surface area contributed by atoms with Crippen LogP contribution in [0.1, 0.15) is 12.8 Å². The predicted octanol–water partition coefficient (Wildman–Crippen LogP) is 4.11. The van der Waals surface area contributed by atoms with E-state index >= 15 is 0 Å². The Balaban J connectivity index is 1.71. The molecule has 0 spiro atoms. The molecule has 2 heterocycles. The van der Waals surface area contributed by atoms with E-state index in [1.807, 2.05) is 23.6 Å². The van der Waals surface area contributed by atoms with Gasteiger partial charge in [-0.1, -0.05) is 11.6 Å². The van der Waals surface area contributed by atoms with Crippen molar-refractivity contribution in [2.75, 3.05) is 10.4 Å². The summed E-state index contributed by atoms with van der Waals surface area (Å²) in [5.41, 5.74) is 4.77. The van der Waals surface area contributed by atoms with Crippen molar-refractivity contribution >= 4 is 50.6 Å². The normalized spacial score (nSPS) is 14.0. The third-order valence-electron chi connectivity index (χ3n) is 3.69. The van der Waals surface area contributed by atoms with Crippen molar-refractivity contribution in [1.82, 2.24) is 9.97 Å². The van der Waals surface area contributed by atoms with Gasteiger partial charge < -0.3 is 0 Å². The van der Waals surface area contributed by atoms with Crippen molar-refractivity contribution in [3.05, 3.63) is 47.1 Å². The molecule has 1 saturated carbocycles. The van der Waals surface area contributed by atoms with Gasteiger partial charge in [0.15, 0.2) is 5.82 Å². The van der Waals surface area contributed by atoms with Gasteiger partial charge in [0.25, 0.3) is 0 Å². The Morgan fingerprint density at radius 3 is 2.74 bits per heavy atom. The molecule has 7 heteroatoms. The van der Waals surface area contributed by atoms with Crippen LogP contribution in [-0.4, -0.2) is 15.9 Å². The van der Waals surface area contributed by atoms with E-state index in [0.717, 1.165) is 28.7 Å². The van der Waals surface area contributed by atoms with Gasteiger partial charge in [0.2, 0.25) is 5.91 Å². The topological polar surface area (TPSA) is 58.1 Å². The second-order valence-electron chi connectivity index (χ2n) is 5.39. The molecule has 0 saturated heterocycles. The summed E-state index contributed by atoms with van der Waals surface area (Å²) in [6, 6.07) is 9.12. The third kappa shape index (κ3) is 2.87. The van der Waals surface area contributed by atoms with E-state index in [1.54, 1.807) is 28.5 Å². The van der Waals surface area contributed by atoms with E-state index in [0.29, 0.717) is 10.8 Å². The second kappa shape index (κ2) is 5.79. The molecule has 0 aliphatic heterocycles. The summed E-state index contributed by atoms with van der Waals surface area (Å²) in [4.78, 5) is 21.2. The largest absolute Gasteiger partial charge is 0.273 e. The smallest absolute Gasteiger partial charge is 0.248 e. The molecule has 1 N–H and O–H groups in total. The lowest BCUT2D eigenvalue weighted by atomic mass is 10.3. The summed E-state index contributed by atoms with van der Waals surface area (Å²) < 4.78 is 0.926. The zero-order valence-electron chi connectivity index (χ0n) is 12.1. The Kier molecular flexibility index (Phi) is 3.63. The predicted molar refractivity (Wildman–Crippen MR) is 92.7 cm³/mol. The van der Waals surface area contributed by atoms with Crippen LogP contribution in [0.4, 0.5) is 11.5 Å². The van der Waals surface area contributed by atoms with Gasteiger partial charge in [0.05, 0.1) is 15.9 Å². The van der Waals surface area contributed by atoms with E-state index in [1.165, 1.54) is 6.33 Å². The standard InChI is InChI=1S/C16H13ClN4OS/c17-11-3-5-12(6-4-11)21(16(22)10-1-2-10)20-15-14-13(7-8-23-14)18-9-19-15/h3-10H,1-2H2,(H,18,19,20). The first-order chi connectivity index (χ1) is 11.2. The van der Waals surface area contributed by atoms with Gasteiger partial charge in [0, 0.05) is 10.9 Å². The molecule has 116 valence electrons. The molecular weight excluding hydrogens is 332 g/mol. The van der Waals surface area contributed by atoms with Crippen LogP contribution < -0.4 is 10.4 Å². The molecule has 0 bridgehead atoms. The highest BCUT2D eigenvalue weighted by molar-refractivity contribution is 7.17. The van der Waals surface area contributed by atoms with Gasteiger partial charge in [-0.2, -0.15) is 0 Å². The van der Waals surface area contributed by atoms with E-state index in [2.05, 4.69) is 15.4 Å². The quantitative estimate of drug-likeness (QED) is 0.723. The van der Waals surface area contributed by atoms with Crippen molar-refractivity contribution < 1.29 is 4.79 Å². The molecule has 1 amide bonds. The fourth-order valence-corrected chi connectivity index (χ4v) is 3.23. The van der Waals surface area contributed by atoms with Crippen molar-refractivity contribution in [3.63, 3.8) is 0 Å². The van der Waals surface area contributed by atoms with Crippen molar-refractivity contribution in [1.29, 1.82) is 0 Å². The third-order valence-corrected chi connectivity index (χ3v) is 4.86. The van der Waals surface area contributed by atoms with Crippen LogP contribution >= 0.6 is 22.9 Å². The molecule has 0 unspecified atom stereocenters. The summed E-state index contributed by atoms with van der Waals surface area (Å²) in [5.74, 6) is 0.767. The number of nitrogens with zero attached hydrogens (tertiary/aromatic N) is 3. The van der Waals surface area contributed by atoms with Crippen LogP contribution in [-0.2, 0) is 4.79 Å². The van der Waals surface area contributed by atoms with Crippen molar-refractivity contribution in [3.8, 4) is 0 Å². The molecule has 2 aromatic heterocycles. The molecule has 5 nitrogen and oxygen atoms in total. The lowest BCUT2D eigenvalue weighted by molar-refractivity contribution is -0.119. The number of hydrogen-bond donors (Lipinski definition) is 1. The Morgan fingerprint density at radius 1 is 1.22 bits per heavy atom. The van der Waals surface area contributed by atoms with Gasteiger partial charge in [-0.05, 0) is 48.6 Å². The average molecular weight is 345 g/mol. The number of fused-ring (bicyclic) bond motifs is 1. The van der Waals surface area contributed by atoms with Gasteiger partial charge >= 0.3 is 0 Å². The molecule has 1 aliphatic carbocycles. The number of carbonyl (C=O) groups excluding carboxylic acids is 1. The lowest BCUT2D eigenvalue weighted by Crippen LogP contribution is -2.37. The molecule has 1 aromatic carbocycles. The first-order valence-corrected chi connectivity index (χ1v) is 8.52. The zero-order chi connectivity index (χ0) is 15.8. The highest BCUT2D eigenvalue weighted by atomic mass is 35.5. The molecular formula is C16H13ClN4OS. The highest BCUT2D eigenvalue weighted by Gasteiger charge is 2.34. The zero-order valence-corrected chi connectivity index (χ0v) is 13.6. The Morgan fingerprint density at radius 2 is 2.00 bits per heavy atom. The second-order valence-corrected chi connectivity index (χ2v) is 6.75. The number of anilines is 2. The number of carbonyl (C=O) groups is 1. The maximum atomic E-state index is 12.7. The summed E-state index contributed by atoms with van der Waals surface area (Å²) in [7, 11) is 0. The number of thiophene rings is 1. The summed E-state index contributed by atoms with van der Waals surface area (Å²) >= 11 is 7.49. The number of benzene rings is 1. The van der Waals surface area contributed by atoms with Crippen LogP contribution in [0.25, 0.3) is 10.2 Å². The Hall–Kier alpha value is -2.18. The Labute approximate surface area is 141 Å². The number of rotatable bonds is 4. The van der Waals surface area contributed by atoms with E-state index in [9.17, 15) is 4.79 Å². The van der Waals surface area contributed by atoms with E-state index in [4.69, 9.17) is 11.6 Å². The van der Waals surface area contributed by atoms with Gasteiger partial charge in [-0.25, -0.2) is 15.0 Å². The summed E-state index contributed by atoms with van der Waals surface area (Å²) in [6.07, 6.45) is 3.37. The summed E-state index contributed by atoms with van der Waals surface area (Å²) in [5, 5.41) is 4.16. The van der Waals surface area contributed by atoms with E-state index < -0.39 is 0 Å². The monoisotopic (exact) mass is 344 g/mol. The van der Waals surface area contributed by atoms with Crippen LogP contribution in [0.5, 0.6) is 0 Å². The molecule has 3 aromatic rings. The molecule has 0 radical (unpaired) electrons. The number of aromatic nitrogens is 2.